The lowest BCUT2D eigenvalue weighted by Gasteiger charge is -2.16. The van der Waals surface area contributed by atoms with Crippen molar-refractivity contribution in [2.45, 2.75) is 25.4 Å². The van der Waals surface area contributed by atoms with E-state index in [4.69, 9.17) is 10.00 Å². The van der Waals surface area contributed by atoms with Gasteiger partial charge in [0.1, 0.15) is 11.9 Å². The van der Waals surface area contributed by atoms with Gasteiger partial charge in [-0.25, -0.2) is 0 Å². The van der Waals surface area contributed by atoms with Crippen LogP contribution in [0.25, 0.3) is 10.8 Å². The van der Waals surface area contributed by atoms with Crippen LogP contribution in [-0.2, 0) is 0 Å². The Hall–Kier alpha value is -2.01. The molecule has 0 spiro atoms. The maximum atomic E-state index is 9.06. The third-order valence-electron chi connectivity index (χ3n) is 3.63. The van der Waals surface area contributed by atoms with Crippen LogP contribution in [0, 0.1) is 17.2 Å². The second-order valence-corrected chi connectivity index (χ2v) is 4.83. The van der Waals surface area contributed by atoms with Gasteiger partial charge in [0.25, 0.3) is 0 Å². The first-order chi connectivity index (χ1) is 8.86. The minimum absolute atomic E-state index is 0.0523. The van der Waals surface area contributed by atoms with Crippen molar-refractivity contribution in [3.8, 4) is 11.8 Å². The Morgan fingerprint density at radius 2 is 1.89 bits per heavy atom. The molecule has 2 atom stereocenters. The van der Waals surface area contributed by atoms with Gasteiger partial charge < -0.3 is 4.74 Å². The zero-order valence-corrected chi connectivity index (χ0v) is 10.2. The minimum atomic E-state index is 0.0523. The number of hydrogen-bond acceptors (Lipinski definition) is 2. The number of fused-ring (bicyclic) bond motifs is 1. The van der Waals surface area contributed by atoms with Crippen molar-refractivity contribution >= 4 is 10.8 Å². The number of rotatable bonds is 2. The van der Waals surface area contributed by atoms with Gasteiger partial charge in [-0.3, -0.25) is 0 Å². The predicted molar refractivity (Wildman–Crippen MR) is 71.3 cm³/mol. The molecule has 2 unspecified atom stereocenters. The summed E-state index contributed by atoms with van der Waals surface area (Å²) >= 11 is 0. The Kier molecular flexibility index (Phi) is 2.90. The van der Waals surface area contributed by atoms with Gasteiger partial charge in [0.05, 0.1) is 12.0 Å². The highest BCUT2D eigenvalue weighted by Gasteiger charge is 2.28. The highest BCUT2D eigenvalue weighted by Crippen LogP contribution is 2.30. The lowest BCUT2D eigenvalue weighted by molar-refractivity contribution is 0.183. The fraction of sp³-hybridized carbons (Fsp3) is 0.312. The molecule has 0 amide bonds. The number of hydrogen-bond donors (Lipinski definition) is 0. The molecule has 3 rings (SSSR count). The molecule has 0 heterocycles. The summed E-state index contributed by atoms with van der Waals surface area (Å²) in [5.74, 6) is 0.928. The molecule has 0 N–H and O–H groups in total. The van der Waals surface area contributed by atoms with Crippen molar-refractivity contribution in [2.75, 3.05) is 0 Å². The standard InChI is InChI=1S/C16H15NO/c17-11-14-6-3-7-16(14)18-15-9-8-12-4-1-2-5-13(12)10-15/h1-2,4-5,8-10,14,16H,3,6-7H2. The Labute approximate surface area is 107 Å². The molecule has 1 aliphatic rings. The molecule has 2 heteroatoms. The Balaban J connectivity index is 1.85. The average Bonchev–Trinajstić information content (AvgIpc) is 2.86. The molecular weight excluding hydrogens is 222 g/mol. The summed E-state index contributed by atoms with van der Waals surface area (Å²) in [6.07, 6.45) is 3.12. The van der Waals surface area contributed by atoms with Crippen molar-refractivity contribution in [1.82, 2.24) is 0 Å². The van der Waals surface area contributed by atoms with Crippen LogP contribution in [0.4, 0.5) is 0 Å². The van der Waals surface area contributed by atoms with Crippen LogP contribution in [-0.4, -0.2) is 6.10 Å². The van der Waals surface area contributed by atoms with Crippen molar-refractivity contribution in [1.29, 1.82) is 5.26 Å². The van der Waals surface area contributed by atoms with Gasteiger partial charge in [0.15, 0.2) is 0 Å². The lowest BCUT2D eigenvalue weighted by atomic mass is 10.1. The van der Waals surface area contributed by atoms with E-state index < -0.39 is 0 Å². The molecule has 0 aromatic heterocycles. The molecule has 18 heavy (non-hydrogen) atoms. The van der Waals surface area contributed by atoms with E-state index >= 15 is 0 Å². The van der Waals surface area contributed by atoms with Gasteiger partial charge in [-0.05, 0) is 42.2 Å². The van der Waals surface area contributed by atoms with E-state index in [-0.39, 0.29) is 12.0 Å². The van der Waals surface area contributed by atoms with E-state index in [1.54, 1.807) is 0 Å². The third-order valence-corrected chi connectivity index (χ3v) is 3.63. The number of nitrogens with zero attached hydrogens (tertiary/aromatic N) is 1. The van der Waals surface area contributed by atoms with Crippen LogP contribution >= 0.6 is 0 Å². The van der Waals surface area contributed by atoms with Crippen LogP contribution in [0.3, 0.4) is 0 Å². The van der Waals surface area contributed by atoms with Crippen molar-refractivity contribution in [2.24, 2.45) is 5.92 Å². The summed E-state index contributed by atoms with van der Waals surface area (Å²) in [5, 5.41) is 11.5. The zero-order valence-electron chi connectivity index (χ0n) is 10.2. The van der Waals surface area contributed by atoms with Gasteiger partial charge >= 0.3 is 0 Å². The molecule has 0 radical (unpaired) electrons. The smallest absolute Gasteiger partial charge is 0.120 e. The van der Waals surface area contributed by atoms with Crippen molar-refractivity contribution < 1.29 is 4.74 Å². The fourth-order valence-corrected chi connectivity index (χ4v) is 2.63. The topological polar surface area (TPSA) is 33.0 Å². The van der Waals surface area contributed by atoms with Crippen LogP contribution in [0.2, 0.25) is 0 Å². The van der Waals surface area contributed by atoms with Gasteiger partial charge in [-0.15, -0.1) is 0 Å². The first-order valence-electron chi connectivity index (χ1n) is 6.42. The molecule has 2 aromatic carbocycles. The molecule has 1 aliphatic carbocycles. The normalized spacial score (nSPS) is 22.8. The van der Waals surface area contributed by atoms with Crippen LogP contribution < -0.4 is 4.74 Å². The Morgan fingerprint density at radius 1 is 1.06 bits per heavy atom. The molecule has 2 nitrogen and oxygen atoms in total. The van der Waals surface area contributed by atoms with Gasteiger partial charge in [0, 0.05) is 0 Å². The third kappa shape index (κ3) is 2.04. The number of benzene rings is 2. The summed E-state index contributed by atoms with van der Waals surface area (Å²) in [6.45, 7) is 0. The molecule has 1 fully saturated rings. The quantitative estimate of drug-likeness (QED) is 0.793. The molecule has 0 bridgehead atoms. The van der Waals surface area contributed by atoms with Crippen molar-refractivity contribution in [3.05, 3.63) is 42.5 Å². The number of ether oxygens (including phenoxy) is 1. The lowest BCUT2D eigenvalue weighted by Crippen LogP contribution is -2.19. The first-order valence-corrected chi connectivity index (χ1v) is 6.42. The van der Waals surface area contributed by atoms with E-state index in [9.17, 15) is 0 Å². The average molecular weight is 237 g/mol. The van der Waals surface area contributed by atoms with E-state index in [1.165, 1.54) is 10.8 Å². The largest absolute Gasteiger partial charge is 0.489 e. The van der Waals surface area contributed by atoms with E-state index in [2.05, 4.69) is 30.3 Å². The highest BCUT2D eigenvalue weighted by atomic mass is 16.5. The zero-order chi connectivity index (χ0) is 12.4. The second kappa shape index (κ2) is 4.70. The Morgan fingerprint density at radius 3 is 2.72 bits per heavy atom. The highest BCUT2D eigenvalue weighted by molar-refractivity contribution is 5.83. The second-order valence-electron chi connectivity index (χ2n) is 4.83. The fourth-order valence-electron chi connectivity index (χ4n) is 2.63. The summed E-state index contributed by atoms with van der Waals surface area (Å²) in [7, 11) is 0. The maximum absolute atomic E-state index is 9.06. The predicted octanol–water partition coefficient (Wildman–Crippen LogP) is 3.91. The summed E-state index contributed by atoms with van der Waals surface area (Å²) < 4.78 is 5.96. The van der Waals surface area contributed by atoms with Crippen LogP contribution in [0.15, 0.2) is 42.5 Å². The monoisotopic (exact) mass is 237 g/mol. The summed E-state index contributed by atoms with van der Waals surface area (Å²) in [5.41, 5.74) is 0. The molecule has 2 aromatic rings. The van der Waals surface area contributed by atoms with Gasteiger partial charge in [0.2, 0.25) is 0 Å². The molecule has 1 saturated carbocycles. The molecule has 0 aliphatic heterocycles. The van der Waals surface area contributed by atoms with Crippen LogP contribution in [0.1, 0.15) is 19.3 Å². The Bertz CT molecular complexity index is 599. The van der Waals surface area contributed by atoms with E-state index in [1.807, 2.05) is 18.2 Å². The SMILES string of the molecule is N#CC1CCCC1Oc1ccc2ccccc2c1. The molecule has 90 valence electrons. The van der Waals surface area contributed by atoms with Crippen LogP contribution in [0.5, 0.6) is 5.75 Å². The number of nitriles is 1. The van der Waals surface area contributed by atoms with Gasteiger partial charge in [-0.2, -0.15) is 5.26 Å². The maximum Gasteiger partial charge on any atom is 0.120 e. The van der Waals surface area contributed by atoms with Gasteiger partial charge in [-0.1, -0.05) is 30.3 Å². The summed E-state index contributed by atoms with van der Waals surface area (Å²) in [4.78, 5) is 0. The molecular formula is C16H15NO. The van der Waals surface area contributed by atoms with E-state index in [0.29, 0.717) is 0 Å². The molecule has 0 saturated heterocycles. The minimum Gasteiger partial charge on any atom is -0.489 e. The summed E-state index contributed by atoms with van der Waals surface area (Å²) in [6, 6.07) is 16.7. The van der Waals surface area contributed by atoms with E-state index in [0.717, 1.165) is 25.0 Å². The van der Waals surface area contributed by atoms with Crippen molar-refractivity contribution in [3.63, 3.8) is 0 Å². The first kappa shape index (κ1) is 11.1.